The third-order valence-corrected chi connectivity index (χ3v) is 7.46. The summed E-state index contributed by atoms with van der Waals surface area (Å²) in [5, 5.41) is 13.7. The smallest absolute Gasteiger partial charge is 0.254 e. The summed E-state index contributed by atoms with van der Waals surface area (Å²) in [6, 6.07) is 13.7. The van der Waals surface area contributed by atoms with Gasteiger partial charge in [0.1, 0.15) is 17.9 Å². The van der Waals surface area contributed by atoms with Gasteiger partial charge in [0.2, 0.25) is 5.91 Å². The normalized spacial score (nSPS) is 19.1. The van der Waals surface area contributed by atoms with E-state index >= 15 is 0 Å². The SMILES string of the molecule is COc1ccc(C[C@H](N)[C@H](O)C(=O)N2CSC(C)(C)C2C(=O)NCc2ccccc2C)cc1. The Hall–Kier alpha value is -2.55. The number of aliphatic hydroxyl groups is 1. The van der Waals surface area contributed by atoms with Crippen LogP contribution >= 0.6 is 11.8 Å². The minimum atomic E-state index is -1.41. The highest BCUT2D eigenvalue weighted by atomic mass is 32.2. The van der Waals surface area contributed by atoms with Crippen molar-refractivity contribution in [1.29, 1.82) is 0 Å². The van der Waals surface area contributed by atoms with E-state index in [-0.39, 0.29) is 5.91 Å². The van der Waals surface area contributed by atoms with Gasteiger partial charge in [0.05, 0.1) is 13.0 Å². The van der Waals surface area contributed by atoms with Gasteiger partial charge in [0, 0.05) is 17.3 Å². The molecule has 1 heterocycles. The van der Waals surface area contributed by atoms with Crippen molar-refractivity contribution in [2.24, 2.45) is 5.73 Å². The molecule has 0 aromatic heterocycles. The van der Waals surface area contributed by atoms with Crippen LogP contribution in [0.1, 0.15) is 30.5 Å². The van der Waals surface area contributed by atoms with E-state index in [2.05, 4.69) is 5.32 Å². The molecule has 3 atom stereocenters. The lowest BCUT2D eigenvalue weighted by molar-refractivity contribution is -0.147. The lowest BCUT2D eigenvalue weighted by atomic mass is 9.97. The van der Waals surface area contributed by atoms with Gasteiger partial charge in [-0.25, -0.2) is 0 Å². The van der Waals surface area contributed by atoms with Crippen LogP contribution in [0.25, 0.3) is 0 Å². The van der Waals surface area contributed by atoms with Crippen LogP contribution in [-0.2, 0) is 22.6 Å². The zero-order valence-corrected chi connectivity index (χ0v) is 20.4. The summed E-state index contributed by atoms with van der Waals surface area (Å²) in [5.74, 6) is 0.281. The highest BCUT2D eigenvalue weighted by Crippen LogP contribution is 2.39. The van der Waals surface area contributed by atoms with Gasteiger partial charge in [0.25, 0.3) is 5.91 Å². The summed E-state index contributed by atoms with van der Waals surface area (Å²) in [7, 11) is 1.59. The molecular weight excluding hydrogens is 438 g/mol. The zero-order valence-electron chi connectivity index (χ0n) is 19.6. The second-order valence-electron chi connectivity index (χ2n) is 8.89. The van der Waals surface area contributed by atoms with Gasteiger partial charge in [-0.15, -0.1) is 11.8 Å². The van der Waals surface area contributed by atoms with Crippen LogP contribution in [0.4, 0.5) is 0 Å². The number of hydrogen-bond donors (Lipinski definition) is 3. The summed E-state index contributed by atoms with van der Waals surface area (Å²) in [6.45, 7) is 6.25. The van der Waals surface area contributed by atoms with E-state index in [1.165, 1.54) is 16.7 Å². The predicted octanol–water partition coefficient (Wildman–Crippen LogP) is 2.23. The molecule has 4 N–H and O–H groups in total. The number of benzene rings is 2. The molecule has 0 radical (unpaired) electrons. The van der Waals surface area contributed by atoms with Crippen LogP contribution in [0.3, 0.4) is 0 Å². The van der Waals surface area contributed by atoms with Crippen molar-refractivity contribution < 1.29 is 19.4 Å². The van der Waals surface area contributed by atoms with Crippen molar-refractivity contribution >= 4 is 23.6 Å². The first-order valence-corrected chi connectivity index (χ1v) is 12.0. The average molecular weight is 472 g/mol. The highest BCUT2D eigenvalue weighted by Gasteiger charge is 2.49. The zero-order chi connectivity index (χ0) is 24.2. The minimum Gasteiger partial charge on any atom is -0.497 e. The number of aliphatic hydroxyl groups excluding tert-OH is 1. The molecule has 3 rings (SSSR count). The molecule has 1 saturated heterocycles. The third kappa shape index (κ3) is 5.88. The van der Waals surface area contributed by atoms with E-state index in [9.17, 15) is 14.7 Å². The Morgan fingerprint density at radius 2 is 1.91 bits per heavy atom. The maximum Gasteiger partial charge on any atom is 0.254 e. The number of carbonyl (C=O) groups is 2. The Bertz CT molecular complexity index is 980. The van der Waals surface area contributed by atoms with Crippen LogP contribution < -0.4 is 15.8 Å². The molecule has 8 heteroatoms. The average Bonchev–Trinajstić information content (AvgIpc) is 3.12. The lowest BCUT2D eigenvalue weighted by Crippen LogP contribution is -2.57. The van der Waals surface area contributed by atoms with Gasteiger partial charge in [-0.1, -0.05) is 36.4 Å². The van der Waals surface area contributed by atoms with Gasteiger partial charge < -0.3 is 25.8 Å². The number of rotatable bonds is 8. The number of nitrogens with two attached hydrogens (primary N) is 1. The van der Waals surface area contributed by atoms with Crippen molar-refractivity contribution in [2.75, 3.05) is 13.0 Å². The Kier molecular flexibility index (Phi) is 8.05. The molecule has 2 amide bonds. The standard InChI is InChI=1S/C25H33N3O4S/c1-16-7-5-6-8-18(16)14-27-23(30)22-25(2,3)33-15-28(22)24(31)21(29)20(26)13-17-9-11-19(32-4)12-10-17/h5-12,20-22,29H,13-15,26H2,1-4H3,(H,27,30)/t20-,21-,22?/m0/s1. The first-order chi connectivity index (χ1) is 15.6. The summed E-state index contributed by atoms with van der Waals surface area (Å²) >= 11 is 1.51. The van der Waals surface area contributed by atoms with Crippen LogP contribution in [0.15, 0.2) is 48.5 Å². The Balaban J connectivity index is 1.67. The van der Waals surface area contributed by atoms with E-state index in [1.54, 1.807) is 7.11 Å². The number of amides is 2. The summed E-state index contributed by atoms with van der Waals surface area (Å²) in [4.78, 5) is 27.8. The molecule has 1 fully saturated rings. The van der Waals surface area contributed by atoms with Crippen molar-refractivity contribution in [2.45, 2.75) is 56.7 Å². The molecule has 178 valence electrons. The molecule has 0 aliphatic carbocycles. The fraction of sp³-hybridized carbons (Fsp3) is 0.440. The van der Waals surface area contributed by atoms with Crippen LogP contribution in [0.5, 0.6) is 5.75 Å². The highest BCUT2D eigenvalue weighted by molar-refractivity contribution is 8.00. The fourth-order valence-electron chi connectivity index (χ4n) is 4.00. The minimum absolute atomic E-state index is 0.238. The quantitative estimate of drug-likeness (QED) is 0.545. The first kappa shape index (κ1) is 25.1. The second kappa shape index (κ2) is 10.6. The fourth-order valence-corrected chi connectivity index (χ4v) is 5.14. The number of thioether (sulfide) groups is 1. The second-order valence-corrected chi connectivity index (χ2v) is 10.5. The molecule has 1 aliphatic heterocycles. The van der Waals surface area contributed by atoms with E-state index < -0.39 is 28.8 Å². The molecule has 1 aliphatic rings. The van der Waals surface area contributed by atoms with Crippen molar-refractivity contribution in [1.82, 2.24) is 10.2 Å². The molecule has 0 bridgehead atoms. The Labute approximate surface area is 199 Å². The van der Waals surface area contributed by atoms with E-state index in [4.69, 9.17) is 10.5 Å². The van der Waals surface area contributed by atoms with Gasteiger partial charge >= 0.3 is 0 Å². The summed E-state index contributed by atoms with van der Waals surface area (Å²) in [6.07, 6.45) is -1.08. The monoisotopic (exact) mass is 471 g/mol. The summed E-state index contributed by atoms with van der Waals surface area (Å²) in [5.41, 5.74) is 9.19. The van der Waals surface area contributed by atoms with E-state index in [1.807, 2.05) is 69.3 Å². The van der Waals surface area contributed by atoms with E-state index in [0.29, 0.717) is 18.8 Å². The van der Waals surface area contributed by atoms with Gasteiger partial charge in [-0.2, -0.15) is 0 Å². The number of carbonyl (C=O) groups excluding carboxylic acids is 2. The third-order valence-electron chi connectivity index (χ3n) is 6.08. The van der Waals surface area contributed by atoms with E-state index in [0.717, 1.165) is 22.4 Å². The van der Waals surface area contributed by atoms with Crippen molar-refractivity contribution in [3.8, 4) is 5.75 Å². The van der Waals surface area contributed by atoms with Crippen molar-refractivity contribution in [3.05, 3.63) is 65.2 Å². The first-order valence-electron chi connectivity index (χ1n) is 11.0. The molecule has 7 nitrogen and oxygen atoms in total. The Morgan fingerprint density at radius 3 is 2.55 bits per heavy atom. The molecule has 0 saturated carbocycles. The van der Waals surface area contributed by atoms with Gasteiger partial charge in [-0.3, -0.25) is 9.59 Å². The maximum atomic E-state index is 13.2. The number of ether oxygens (including phenoxy) is 1. The summed E-state index contributed by atoms with van der Waals surface area (Å²) < 4.78 is 4.66. The molecule has 0 spiro atoms. The largest absolute Gasteiger partial charge is 0.497 e. The number of methoxy groups -OCH3 is 1. The maximum absolute atomic E-state index is 13.2. The topological polar surface area (TPSA) is 105 Å². The molecule has 1 unspecified atom stereocenters. The molecule has 2 aromatic rings. The number of hydrogen-bond acceptors (Lipinski definition) is 6. The predicted molar refractivity (Wildman–Crippen MR) is 131 cm³/mol. The molecule has 33 heavy (non-hydrogen) atoms. The van der Waals surface area contributed by atoms with Gasteiger partial charge in [-0.05, 0) is 56.0 Å². The van der Waals surface area contributed by atoms with Crippen molar-refractivity contribution in [3.63, 3.8) is 0 Å². The lowest BCUT2D eigenvalue weighted by Gasteiger charge is -2.32. The Morgan fingerprint density at radius 1 is 1.24 bits per heavy atom. The number of nitrogens with one attached hydrogen (secondary N) is 1. The molecular formula is C25H33N3O4S. The molecule has 2 aromatic carbocycles. The number of aryl methyl sites for hydroxylation is 1. The number of nitrogens with zero attached hydrogens (tertiary/aromatic N) is 1. The van der Waals surface area contributed by atoms with Crippen LogP contribution in [-0.4, -0.2) is 57.7 Å². The van der Waals surface area contributed by atoms with Gasteiger partial charge in [0.15, 0.2) is 0 Å². The van der Waals surface area contributed by atoms with Crippen LogP contribution in [0, 0.1) is 6.92 Å². The van der Waals surface area contributed by atoms with Crippen LogP contribution in [0.2, 0.25) is 0 Å².